The smallest absolute Gasteiger partial charge is 0.266 e. The zero-order valence-corrected chi connectivity index (χ0v) is 16.9. The summed E-state index contributed by atoms with van der Waals surface area (Å²) in [7, 11) is 0. The van der Waals surface area contributed by atoms with Crippen molar-refractivity contribution in [3.8, 4) is 5.69 Å². The monoisotopic (exact) mass is 426 g/mol. The maximum atomic E-state index is 13.2. The van der Waals surface area contributed by atoms with E-state index in [1.807, 2.05) is 42.5 Å². The van der Waals surface area contributed by atoms with Gasteiger partial charge in [0.1, 0.15) is 17.7 Å². The van der Waals surface area contributed by atoms with Gasteiger partial charge in [-0.05, 0) is 54.6 Å². The highest BCUT2D eigenvalue weighted by Gasteiger charge is 2.11. The molecule has 0 spiro atoms. The average Bonchev–Trinajstić information content (AvgIpc) is 2.80. The van der Waals surface area contributed by atoms with Crippen LogP contribution in [-0.2, 0) is 0 Å². The molecule has 0 bridgehead atoms. The van der Waals surface area contributed by atoms with Crippen molar-refractivity contribution in [3.63, 3.8) is 0 Å². The van der Waals surface area contributed by atoms with Crippen LogP contribution in [0.3, 0.4) is 0 Å². The van der Waals surface area contributed by atoms with Crippen molar-refractivity contribution in [2.24, 2.45) is 0 Å². The van der Waals surface area contributed by atoms with Crippen LogP contribution < -0.4 is 11.0 Å². The second kappa shape index (κ2) is 7.70. The molecular formula is C25H15ClN2O3. The summed E-state index contributed by atoms with van der Waals surface area (Å²) in [5.74, 6) is 0.403. The Morgan fingerprint density at radius 3 is 2.48 bits per heavy atom. The third-order valence-electron chi connectivity index (χ3n) is 4.99. The molecule has 2 heterocycles. The van der Waals surface area contributed by atoms with Crippen molar-refractivity contribution in [3.05, 3.63) is 116 Å². The molecule has 0 saturated carbocycles. The molecule has 0 aliphatic rings. The zero-order valence-electron chi connectivity index (χ0n) is 16.2. The minimum Gasteiger partial charge on any atom is -0.463 e. The molecule has 0 radical (unpaired) electrons. The molecule has 0 saturated heterocycles. The summed E-state index contributed by atoms with van der Waals surface area (Å²) in [6, 6.07) is 21.3. The number of hydrogen-bond acceptors (Lipinski definition) is 4. The van der Waals surface area contributed by atoms with E-state index in [1.165, 1.54) is 10.8 Å². The first kappa shape index (κ1) is 19.0. The van der Waals surface area contributed by atoms with Gasteiger partial charge in [-0.2, -0.15) is 0 Å². The molecule has 31 heavy (non-hydrogen) atoms. The first-order chi connectivity index (χ1) is 15.1. The molecule has 150 valence electrons. The summed E-state index contributed by atoms with van der Waals surface area (Å²) in [6.07, 6.45) is 4.63. The quantitative estimate of drug-likeness (QED) is 0.392. The predicted molar refractivity (Wildman–Crippen MR) is 124 cm³/mol. The van der Waals surface area contributed by atoms with Gasteiger partial charge in [-0.1, -0.05) is 41.9 Å². The largest absolute Gasteiger partial charge is 0.463 e. The highest BCUT2D eigenvalue weighted by molar-refractivity contribution is 6.31. The topological polar surface area (TPSA) is 65.1 Å². The van der Waals surface area contributed by atoms with Gasteiger partial charge in [-0.25, -0.2) is 4.98 Å². The minimum atomic E-state index is -0.214. The first-order valence-electron chi connectivity index (χ1n) is 9.58. The van der Waals surface area contributed by atoms with Gasteiger partial charge in [0, 0.05) is 5.02 Å². The van der Waals surface area contributed by atoms with Crippen LogP contribution in [-0.4, -0.2) is 9.55 Å². The number of halogens is 1. The molecule has 0 N–H and O–H groups in total. The molecule has 0 fully saturated rings. The number of nitrogens with zero attached hydrogens (tertiary/aromatic N) is 2. The van der Waals surface area contributed by atoms with Crippen molar-refractivity contribution >= 4 is 45.6 Å². The summed E-state index contributed by atoms with van der Waals surface area (Å²) >= 11 is 6.03. The second-order valence-corrected chi connectivity index (χ2v) is 7.39. The van der Waals surface area contributed by atoms with Crippen molar-refractivity contribution in [2.45, 2.75) is 0 Å². The lowest BCUT2D eigenvalue weighted by atomic mass is 10.1. The molecule has 3 aromatic carbocycles. The normalized spacial score (nSPS) is 11.5. The molecule has 6 heteroatoms. The molecule has 0 aliphatic carbocycles. The molecule has 0 atom stereocenters. The molecule has 5 nitrogen and oxygen atoms in total. The van der Waals surface area contributed by atoms with Gasteiger partial charge >= 0.3 is 0 Å². The lowest BCUT2D eigenvalue weighted by Crippen LogP contribution is -2.22. The van der Waals surface area contributed by atoms with Gasteiger partial charge in [0.05, 0.1) is 27.5 Å². The lowest BCUT2D eigenvalue weighted by molar-refractivity contribution is 0.601. The Morgan fingerprint density at radius 1 is 0.871 bits per heavy atom. The first-order valence-corrected chi connectivity index (χ1v) is 9.96. The van der Waals surface area contributed by atoms with E-state index in [-0.39, 0.29) is 11.0 Å². The molecule has 0 unspecified atom stereocenters. The van der Waals surface area contributed by atoms with Crippen LogP contribution in [0, 0.1) is 0 Å². The Labute approximate surface area is 181 Å². The number of rotatable bonds is 3. The van der Waals surface area contributed by atoms with Gasteiger partial charge in [-0.15, -0.1) is 0 Å². The van der Waals surface area contributed by atoms with E-state index in [4.69, 9.17) is 16.0 Å². The predicted octanol–water partition coefficient (Wildman–Crippen LogP) is 5.32. The summed E-state index contributed by atoms with van der Waals surface area (Å²) in [4.78, 5) is 30.8. The van der Waals surface area contributed by atoms with Crippen LogP contribution in [0.1, 0.15) is 11.4 Å². The number of para-hydroxylation sites is 2. The van der Waals surface area contributed by atoms with Crippen LogP contribution >= 0.6 is 11.6 Å². The summed E-state index contributed by atoms with van der Waals surface area (Å²) in [5.41, 5.74) is 1.65. The Hall–Kier alpha value is -3.96. The molecule has 2 aromatic heterocycles. The third kappa shape index (κ3) is 3.45. The van der Waals surface area contributed by atoms with Crippen molar-refractivity contribution < 1.29 is 4.42 Å². The SMILES string of the molecule is O=c1c(C=Cc2nc3ccccc3c(=O)n2-c2ccccc2)coc2ccc(Cl)cc12. The highest BCUT2D eigenvalue weighted by atomic mass is 35.5. The number of hydrogen-bond donors (Lipinski definition) is 0. The fraction of sp³-hybridized carbons (Fsp3) is 0. The molecule has 0 amide bonds. The fourth-order valence-corrected chi connectivity index (χ4v) is 3.66. The Balaban J connectivity index is 1.71. The Morgan fingerprint density at radius 2 is 1.65 bits per heavy atom. The van der Waals surface area contributed by atoms with Crippen LogP contribution in [0.2, 0.25) is 5.02 Å². The number of fused-ring (bicyclic) bond motifs is 2. The Kier molecular flexibility index (Phi) is 4.73. The maximum absolute atomic E-state index is 13.2. The maximum Gasteiger partial charge on any atom is 0.266 e. The van der Waals surface area contributed by atoms with Crippen LogP contribution in [0.4, 0.5) is 0 Å². The Bertz CT molecular complexity index is 1580. The van der Waals surface area contributed by atoms with Gasteiger partial charge in [-0.3, -0.25) is 14.2 Å². The van der Waals surface area contributed by atoms with Crippen molar-refractivity contribution in [1.82, 2.24) is 9.55 Å². The van der Waals surface area contributed by atoms with E-state index in [1.54, 1.807) is 42.5 Å². The molecular weight excluding hydrogens is 412 g/mol. The number of benzene rings is 3. The standard InChI is InChI=1S/C25H15ClN2O3/c26-17-11-12-22-20(14-17)24(29)16(15-31-22)10-13-23-27-21-9-5-4-8-19(21)25(30)28(23)18-6-2-1-3-7-18/h1-15H. The van der Waals surface area contributed by atoms with Gasteiger partial charge < -0.3 is 4.42 Å². The van der Waals surface area contributed by atoms with Crippen LogP contribution in [0.5, 0.6) is 0 Å². The summed E-state index contributed by atoms with van der Waals surface area (Å²) in [6.45, 7) is 0. The van der Waals surface area contributed by atoms with E-state index < -0.39 is 0 Å². The molecule has 0 aliphatic heterocycles. The van der Waals surface area contributed by atoms with E-state index in [9.17, 15) is 9.59 Å². The van der Waals surface area contributed by atoms with Gasteiger partial charge in [0.15, 0.2) is 5.43 Å². The van der Waals surface area contributed by atoms with E-state index in [2.05, 4.69) is 4.98 Å². The van der Waals surface area contributed by atoms with Gasteiger partial charge in [0.2, 0.25) is 0 Å². The van der Waals surface area contributed by atoms with Crippen molar-refractivity contribution in [2.75, 3.05) is 0 Å². The van der Waals surface area contributed by atoms with Crippen molar-refractivity contribution in [1.29, 1.82) is 0 Å². The molecule has 5 rings (SSSR count). The molecule has 5 aromatic rings. The third-order valence-corrected chi connectivity index (χ3v) is 5.22. The lowest BCUT2D eigenvalue weighted by Gasteiger charge is -2.11. The van der Waals surface area contributed by atoms with E-state index in [0.29, 0.717) is 44.0 Å². The zero-order chi connectivity index (χ0) is 21.4. The van der Waals surface area contributed by atoms with E-state index in [0.717, 1.165) is 0 Å². The summed E-state index contributed by atoms with van der Waals surface area (Å²) in [5, 5.41) is 1.36. The van der Waals surface area contributed by atoms with Gasteiger partial charge in [0.25, 0.3) is 5.56 Å². The van der Waals surface area contributed by atoms with Crippen LogP contribution in [0.25, 0.3) is 39.7 Å². The number of aromatic nitrogens is 2. The minimum absolute atomic E-state index is 0.186. The van der Waals surface area contributed by atoms with Crippen LogP contribution in [0.15, 0.2) is 93.1 Å². The highest BCUT2D eigenvalue weighted by Crippen LogP contribution is 2.19. The fourth-order valence-electron chi connectivity index (χ4n) is 3.49. The summed E-state index contributed by atoms with van der Waals surface area (Å²) < 4.78 is 7.10. The second-order valence-electron chi connectivity index (χ2n) is 6.96. The van der Waals surface area contributed by atoms with E-state index >= 15 is 0 Å². The average molecular weight is 427 g/mol.